The van der Waals surface area contributed by atoms with Crippen LogP contribution in [0.3, 0.4) is 0 Å². The van der Waals surface area contributed by atoms with Crippen molar-refractivity contribution in [2.75, 3.05) is 52.9 Å². The van der Waals surface area contributed by atoms with Crippen LogP contribution in [0.5, 0.6) is 0 Å². The number of hydrogen-bond acceptors (Lipinski definition) is 12. The van der Waals surface area contributed by atoms with Crippen LogP contribution in [0.15, 0.2) is 0 Å². The molecule has 0 radical (unpaired) electrons. The second-order valence-corrected chi connectivity index (χ2v) is 12.6. The van der Waals surface area contributed by atoms with Crippen LogP contribution in [0.2, 0.25) is 0 Å². The Morgan fingerprint density at radius 1 is 0.378 bits per heavy atom. The summed E-state index contributed by atoms with van der Waals surface area (Å²) in [4.78, 5) is 0. The number of aliphatic hydroxyl groups excluding tert-OH is 8. The molecule has 4 unspecified atom stereocenters. The van der Waals surface area contributed by atoms with Gasteiger partial charge in [0, 0.05) is 0 Å². The second-order valence-electron chi connectivity index (χ2n) is 9.24. The van der Waals surface area contributed by atoms with E-state index in [1.54, 1.807) is 0 Å². The zero-order valence-electron chi connectivity index (χ0n) is 22.2. The van der Waals surface area contributed by atoms with Gasteiger partial charge >= 0.3 is 227 Å². The molecule has 13 heteroatoms. The molecule has 0 heterocycles. The maximum atomic E-state index is 10.3. The first kappa shape index (κ1) is 37.2. The fraction of sp³-hybridized carbons (Fsp3) is 1.00. The van der Waals surface area contributed by atoms with E-state index < -0.39 is 42.6 Å². The number of aliphatic hydroxyl groups is 8. The maximum absolute atomic E-state index is 10.3. The molecule has 0 bridgehead atoms. The predicted molar refractivity (Wildman–Crippen MR) is 132 cm³/mol. The topological polar surface area (TPSA) is 199 Å². The van der Waals surface area contributed by atoms with E-state index in [0.717, 1.165) is 0 Å². The van der Waals surface area contributed by atoms with Crippen LogP contribution in [-0.2, 0) is 31.4 Å². The van der Waals surface area contributed by atoms with Gasteiger partial charge in [0.15, 0.2) is 0 Å². The summed E-state index contributed by atoms with van der Waals surface area (Å²) in [6.45, 7) is -0.689. The molecule has 4 atom stereocenters. The summed E-state index contributed by atoms with van der Waals surface area (Å²) >= 11 is -4.72. The molecule has 0 aromatic heterocycles. The molecule has 224 valence electrons. The molecule has 0 rings (SSSR count). The van der Waals surface area contributed by atoms with Gasteiger partial charge in [-0.15, -0.1) is 0 Å². The molecule has 0 aliphatic carbocycles. The Bertz CT molecular complexity index is 405. The van der Waals surface area contributed by atoms with E-state index in [1.807, 2.05) is 0 Å². The van der Waals surface area contributed by atoms with Crippen LogP contribution in [0.25, 0.3) is 0 Å². The Kier molecular flexibility index (Phi) is 25.4. The third-order valence-corrected chi connectivity index (χ3v) is 8.84. The van der Waals surface area contributed by atoms with E-state index >= 15 is 0 Å². The van der Waals surface area contributed by atoms with E-state index in [9.17, 15) is 20.4 Å². The van der Waals surface area contributed by atoms with Gasteiger partial charge < -0.3 is 0 Å². The fourth-order valence-corrected chi connectivity index (χ4v) is 6.60. The van der Waals surface area contributed by atoms with Crippen LogP contribution in [0.1, 0.15) is 77.0 Å². The Labute approximate surface area is 226 Å². The van der Waals surface area contributed by atoms with Gasteiger partial charge in [-0.2, -0.15) is 0 Å². The van der Waals surface area contributed by atoms with Gasteiger partial charge in [-0.1, -0.05) is 0 Å². The fourth-order valence-electron chi connectivity index (χ4n) is 3.34. The molecule has 12 nitrogen and oxygen atoms in total. The molecule has 37 heavy (non-hydrogen) atoms. The summed E-state index contributed by atoms with van der Waals surface area (Å²) < 4.78 is 23.6. The van der Waals surface area contributed by atoms with E-state index in [1.165, 1.54) is 0 Å². The summed E-state index contributed by atoms with van der Waals surface area (Å²) in [7, 11) is 0. The predicted octanol–water partition coefficient (Wildman–Crippen LogP) is -0.0393. The minimum absolute atomic E-state index is 0.0150. The molecule has 0 spiro atoms. The zero-order chi connectivity index (χ0) is 27.8. The van der Waals surface area contributed by atoms with Crippen LogP contribution in [-0.4, -0.2) is 118 Å². The van der Waals surface area contributed by atoms with Crippen molar-refractivity contribution in [3.8, 4) is 0 Å². The average Bonchev–Trinajstić information content (AvgIpc) is 2.88. The Hall–Kier alpha value is 0.234. The molecule has 0 aromatic rings. The van der Waals surface area contributed by atoms with Crippen molar-refractivity contribution in [3.63, 3.8) is 0 Å². The van der Waals surface area contributed by atoms with E-state index in [4.69, 9.17) is 33.7 Å². The van der Waals surface area contributed by atoms with Crippen molar-refractivity contribution in [1.82, 2.24) is 0 Å². The molecule has 0 fully saturated rings. The molecule has 0 aliphatic rings. The van der Waals surface area contributed by atoms with Crippen LogP contribution < -0.4 is 0 Å². The Balaban J connectivity index is 5.38. The molecule has 0 saturated heterocycles. The van der Waals surface area contributed by atoms with Crippen LogP contribution in [0.4, 0.5) is 0 Å². The van der Waals surface area contributed by atoms with Crippen molar-refractivity contribution in [2.45, 2.75) is 101 Å². The zero-order valence-corrected chi connectivity index (χ0v) is 23.7. The van der Waals surface area contributed by atoms with Crippen molar-refractivity contribution < 1.29 is 72.3 Å². The van der Waals surface area contributed by atoms with Crippen molar-refractivity contribution in [3.05, 3.63) is 0 Å². The van der Waals surface area contributed by atoms with Crippen molar-refractivity contribution >= 4 is 0 Å². The van der Waals surface area contributed by atoms with Crippen molar-refractivity contribution in [2.24, 2.45) is 0 Å². The molecular formula is C24H52O12Ti. The number of hydrogen-bond donors (Lipinski definition) is 8. The van der Waals surface area contributed by atoms with Crippen LogP contribution >= 0.6 is 0 Å². The minimum atomic E-state index is -4.72. The summed E-state index contributed by atoms with van der Waals surface area (Å²) in [6.07, 6.45) is 2.43. The Morgan fingerprint density at radius 3 is 0.784 bits per heavy atom. The van der Waals surface area contributed by atoms with E-state index in [2.05, 4.69) is 0 Å². The molecule has 0 amide bonds. The average molecular weight is 581 g/mol. The molecule has 0 saturated carbocycles. The standard InChI is InChI=1S/4C6H13O3.Ti/c4*7-4-2-1-3-6(9)5-8;/h4*6-7,9H,1-5H2;/q4*-1;+4. The van der Waals surface area contributed by atoms with Gasteiger partial charge in [0.05, 0.1) is 0 Å². The molecule has 0 aliphatic heterocycles. The Morgan fingerprint density at radius 2 is 0.595 bits per heavy atom. The quantitative estimate of drug-likeness (QED) is 0.0455. The first-order chi connectivity index (χ1) is 17.8. The second kappa shape index (κ2) is 25.2. The SMILES string of the molecule is OCCCCC(O)C[O][Ti]([O]CC(O)CCCCO)([O]CC(O)CCCCO)[O]CC(O)CCCCO. The van der Waals surface area contributed by atoms with E-state index in [-0.39, 0.29) is 52.9 Å². The molecule has 0 aromatic carbocycles. The third kappa shape index (κ3) is 21.7. The van der Waals surface area contributed by atoms with E-state index in [0.29, 0.717) is 77.0 Å². The first-order valence-corrected chi connectivity index (χ1v) is 16.1. The van der Waals surface area contributed by atoms with Gasteiger partial charge in [0.1, 0.15) is 0 Å². The van der Waals surface area contributed by atoms with Gasteiger partial charge in [-0.3, -0.25) is 0 Å². The van der Waals surface area contributed by atoms with Gasteiger partial charge in [0.25, 0.3) is 0 Å². The van der Waals surface area contributed by atoms with Gasteiger partial charge in [-0.05, 0) is 0 Å². The normalized spacial score (nSPS) is 16.9. The molecule has 8 N–H and O–H groups in total. The molecular weight excluding hydrogens is 528 g/mol. The first-order valence-electron chi connectivity index (χ1n) is 13.5. The monoisotopic (exact) mass is 580 g/mol. The third-order valence-electron chi connectivity index (χ3n) is 5.59. The van der Waals surface area contributed by atoms with Crippen molar-refractivity contribution in [1.29, 1.82) is 0 Å². The van der Waals surface area contributed by atoms with Gasteiger partial charge in [-0.25, -0.2) is 0 Å². The van der Waals surface area contributed by atoms with Gasteiger partial charge in [0.2, 0.25) is 0 Å². The summed E-state index contributed by atoms with van der Waals surface area (Å²) in [6, 6.07) is 0. The number of unbranched alkanes of at least 4 members (excludes halogenated alkanes) is 4. The summed E-state index contributed by atoms with van der Waals surface area (Å²) in [5.74, 6) is 0. The summed E-state index contributed by atoms with van der Waals surface area (Å²) in [5.41, 5.74) is 0. The summed E-state index contributed by atoms with van der Waals surface area (Å²) in [5, 5.41) is 77.2. The number of rotatable bonds is 28. The van der Waals surface area contributed by atoms with Crippen LogP contribution in [0, 0.1) is 0 Å².